The standard InChI is InChI=1S/C17H25FN2O2S/c1-17(2,3)16(22)20-11-9-15(21)19-10-4-12-23-14-7-5-13(18)6-8-14/h5-8H,4,9-12H2,1-3H3,(H,19,21)(H,20,22). The number of thioether (sulfide) groups is 1. The summed E-state index contributed by atoms with van der Waals surface area (Å²) in [6.07, 6.45) is 1.12. The molecule has 0 radical (unpaired) electrons. The summed E-state index contributed by atoms with van der Waals surface area (Å²) in [4.78, 5) is 24.3. The van der Waals surface area contributed by atoms with Crippen molar-refractivity contribution in [3.8, 4) is 0 Å². The maximum Gasteiger partial charge on any atom is 0.225 e. The van der Waals surface area contributed by atoms with Gasteiger partial charge < -0.3 is 10.6 Å². The Hall–Kier alpha value is -1.56. The normalized spacial score (nSPS) is 11.1. The minimum atomic E-state index is -0.436. The quantitative estimate of drug-likeness (QED) is 0.565. The highest BCUT2D eigenvalue weighted by Crippen LogP contribution is 2.18. The Morgan fingerprint density at radius 1 is 1.09 bits per heavy atom. The van der Waals surface area contributed by atoms with Crippen molar-refractivity contribution < 1.29 is 14.0 Å². The lowest BCUT2D eigenvalue weighted by Crippen LogP contribution is -2.37. The molecule has 0 fully saturated rings. The highest BCUT2D eigenvalue weighted by molar-refractivity contribution is 7.99. The smallest absolute Gasteiger partial charge is 0.225 e. The minimum Gasteiger partial charge on any atom is -0.356 e. The van der Waals surface area contributed by atoms with Crippen molar-refractivity contribution >= 4 is 23.6 Å². The first-order chi connectivity index (χ1) is 10.8. The number of benzene rings is 1. The van der Waals surface area contributed by atoms with Gasteiger partial charge in [-0.2, -0.15) is 0 Å². The van der Waals surface area contributed by atoms with Crippen molar-refractivity contribution in [3.05, 3.63) is 30.1 Å². The van der Waals surface area contributed by atoms with Crippen LogP contribution in [-0.2, 0) is 9.59 Å². The average molecular weight is 340 g/mol. The molecule has 0 aromatic heterocycles. The van der Waals surface area contributed by atoms with E-state index in [1.807, 2.05) is 20.8 Å². The zero-order valence-electron chi connectivity index (χ0n) is 13.9. The Kier molecular flexibility index (Phi) is 8.09. The molecular weight excluding hydrogens is 315 g/mol. The van der Waals surface area contributed by atoms with Crippen LogP contribution in [0, 0.1) is 11.2 Å². The van der Waals surface area contributed by atoms with Crippen LogP contribution in [0.1, 0.15) is 33.6 Å². The molecule has 4 nitrogen and oxygen atoms in total. The predicted octanol–water partition coefficient (Wildman–Crippen LogP) is 2.98. The molecule has 0 bridgehead atoms. The SMILES string of the molecule is CC(C)(C)C(=O)NCCC(=O)NCCCSc1ccc(F)cc1. The van der Waals surface area contributed by atoms with Crippen molar-refractivity contribution in [2.75, 3.05) is 18.8 Å². The molecule has 128 valence electrons. The number of hydrogen-bond donors (Lipinski definition) is 2. The van der Waals surface area contributed by atoms with Gasteiger partial charge in [0.25, 0.3) is 0 Å². The van der Waals surface area contributed by atoms with Crippen LogP contribution >= 0.6 is 11.8 Å². The third-order valence-electron chi connectivity index (χ3n) is 3.04. The molecule has 1 rings (SSSR count). The Morgan fingerprint density at radius 2 is 1.74 bits per heavy atom. The Bertz CT molecular complexity index is 512. The highest BCUT2D eigenvalue weighted by Gasteiger charge is 2.20. The lowest BCUT2D eigenvalue weighted by atomic mass is 9.96. The fraction of sp³-hybridized carbons (Fsp3) is 0.529. The van der Waals surface area contributed by atoms with Crippen LogP contribution in [0.3, 0.4) is 0 Å². The van der Waals surface area contributed by atoms with E-state index >= 15 is 0 Å². The topological polar surface area (TPSA) is 58.2 Å². The van der Waals surface area contributed by atoms with Crippen molar-refractivity contribution in [1.82, 2.24) is 10.6 Å². The zero-order valence-corrected chi connectivity index (χ0v) is 14.8. The molecule has 0 aliphatic rings. The first kappa shape index (κ1) is 19.5. The summed E-state index contributed by atoms with van der Waals surface area (Å²) in [6, 6.07) is 6.37. The van der Waals surface area contributed by atoms with Gasteiger partial charge >= 0.3 is 0 Å². The van der Waals surface area contributed by atoms with Gasteiger partial charge in [-0.15, -0.1) is 11.8 Å². The molecule has 1 aromatic rings. The minimum absolute atomic E-state index is 0.0546. The maximum absolute atomic E-state index is 12.8. The van der Waals surface area contributed by atoms with Gasteiger partial charge in [-0.05, 0) is 36.4 Å². The Labute approximate surface area is 141 Å². The van der Waals surface area contributed by atoms with Crippen LogP contribution in [0.15, 0.2) is 29.2 Å². The van der Waals surface area contributed by atoms with E-state index in [1.54, 1.807) is 23.9 Å². The Morgan fingerprint density at radius 3 is 2.35 bits per heavy atom. The van der Waals surface area contributed by atoms with E-state index in [9.17, 15) is 14.0 Å². The largest absolute Gasteiger partial charge is 0.356 e. The Balaban J connectivity index is 2.06. The zero-order chi connectivity index (χ0) is 17.3. The van der Waals surface area contributed by atoms with Crippen LogP contribution in [0.5, 0.6) is 0 Å². The summed E-state index contributed by atoms with van der Waals surface area (Å²) in [5, 5.41) is 5.57. The number of carbonyl (C=O) groups excluding carboxylic acids is 2. The fourth-order valence-electron chi connectivity index (χ4n) is 1.66. The first-order valence-electron chi connectivity index (χ1n) is 7.72. The molecule has 0 atom stereocenters. The van der Waals surface area contributed by atoms with E-state index in [1.165, 1.54) is 12.1 Å². The van der Waals surface area contributed by atoms with E-state index in [4.69, 9.17) is 0 Å². The molecule has 23 heavy (non-hydrogen) atoms. The van der Waals surface area contributed by atoms with Crippen LogP contribution < -0.4 is 10.6 Å². The summed E-state index contributed by atoms with van der Waals surface area (Å²) in [5.74, 6) is 0.499. The van der Waals surface area contributed by atoms with Crippen molar-refractivity contribution in [2.24, 2.45) is 5.41 Å². The van der Waals surface area contributed by atoms with Gasteiger partial charge in [0.1, 0.15) is 5.82 Å². The second-order valence-corrected chi connectivity index (χ2v) is 7.43. The van der Waals surface area contributed by atoms with Crippen LogP contribution in [0.4, 0.5) is 4.39 Å². The second-order valence-electron chi connectivity index (χ2n) is 6.26. The predicted molar refractivity (Wildman–Crippen MR) is 91.8 cm³/mol. The molecule has 0 saturated heterocycles. The number of amides is 2. The highest BCUT2D eigenvalue weighted by atomic mass is 32.2. The summed E-state index contributed by atoms with van der Waals surface area (Å²) < 4.78 is 12.8. The fourth-order valence-corrected chi connectivity index (χ4v) is 2.52. The van der Waals surface area contributed by atoms with Crippen molar-refractivity contribution in [2.45, 2.75) is 38.5 Å². The summed E-state index contributed by atoms with van der Waals surface area (Å²) in [6.45, 7) is 6.45. The van der Waals surface area contributed by atoms with Crippen molar-refractivity contribution in [3.63, 3.8) is 0 Å². The molecule has 0 aliphatic heterocycles. The molecule has 0 unspecified atom stereocenters. The van der Waals surface area contributed by atoms with E-state index < -0.39 is 5.41 Å². The van der Waals surface area contributed by atoms with Crippen LogP contribution in [0.2, 0.25) is 0 Å². The van der Waals surface area contributed by atoms with Crippen molar-refractivity contribution in [1.29, 1.82) is 0 Å². The van der Waals surface area contributed by atoms with Gasteiger partial charge in [0.15, 0.2) is 0 Å². The van der Waals surface area contributed by atoms with Gasteiger partial charge in [0.05, 0.1) is 0 Å². The van der Waals surface area contributed by atoms with E-state index in [0.29, 0.717) is 13.1 Å². The lowest BCUT2D eigenvalue weighted by Gasteiger charge is -2.17. The first-order valence-corrected chi connectivity index (χ1v) is 8.71. The summed E-state index contributed by atoms with van der Waals surface area (Å²) in [5.41, 5.74) is -0.436. The molecule has 6 heteroatoms. The molecule has 0 saturated carbocycles. The molecule has 1 aromatic carbocycles. The molecule has 2 amide bonds. The second kappa shape index (κ2) is 9.55. The maximum atomic E-state index is 12.8. The number of hydrogen-bond acceptors (Lipinski definition) is 3. The van der Waals surface area contributed by atoms with Gasteiger partial charge in [-0.3, -0.25) is 9.59 Å². The third kappa shape index (κ3) is 8.59. The number of rotatable bonds is 8. The number of nitrogens with one attached hydrogen (secondary N) is 2. The average Bonchev–Trinajstić information content (AvgIpc) is 2.47. The number of halogens is 1. The van der Waals surface area contributed by atoms with Gasteiger partial charge in [-0.25, -0.2) is 4.39 Å². The van der Waals surface area contributed by atoms with E-state index in [2.05, 4.69) is 10.6 Å². The lowest BCUT2D eigenvalue weighted by molar-refractivity contribution is -0.128. The van der Waals surface area contributed by atoms with Crippen LogP contribution in [0.25, 0.3) is 0 Å². The molecule has 0 aliphatic carbocycles. The summed E-state index contributed by atoms with van der Waals surface area (Å²) in [7, 11) is 0. The third-order valence-corrected chi connectivity index (χ3v) is 4.14. The van der Waals surface area contributed by atoms with E-state index in [-0.39, 0.29) is 24.1 Å². The molecule has 0 heterocycles. The molecule has 0 spiro atoms. The van der Waals surface area contributed by atoms with Gasteiger partial charge in [0, 0.05) is 29.8 Å². The van der Waals surface area contributed by atoms with Gasteiger partial charge in [0.2, 0.25) is 11.8 Å². The molecular formula is C17H25FN2O2S. The van der Waals surface area contributed by atoms with Gasteiger partial charge in [-0.1, -0.05) is 20.8 Å². The monoisotopic (exact) mass is 340 g/mol. The number of carbonyl (C=O) groups is 2. The summed E-state index contributed by atoms with van der Waals surface area (Å²) >= 11 is 1.63. The van der Waals surface area contributed by atoms with Crippen LogP contribution in [-0.4, -0.2) is 30.7 Å². The van der Waals surface area contributed by atoms with E-state index in [0.717, 1.165) is 17.1 Å². The molecule has 2 N–H and O–H groups in total.